The second-order valence-electron chi connectivity index (χ2n) is 10.8. The van der Waals surface area contributed by atoms with Crippen molar-refractivity contribution in [1.29, 1.82) is 0 Å². The van der Waals surface area contributed by atoms with Gasteiger partial charge in [0.2, 0.25) is 5.91 Å². The SMILES string of the molecule is COCCCO[C@@H](Cn1c(=O)n(C(C)(C)C(=O)NC(C)C)c(=O)c2c(C)c(-n3nccn3)sc21)c1cc(F)ccc1OC. The van der Waals surface area contributed by atoms with Crippen molar-refractivity contribution in [3.8, 4) is 10.8 Å². The summed E-state index contributed by atoms with van der Waals surface area (Å²) in [5, 5.41) is 12.0. The van der Waals surface area contributed by atoms with Crippen LogP contribution in [0.2, 0.25) is 0 Å². The summed E-state index contributed by atoms with van der Waals surface area (Å²) in [7, 11) is 3.04. The monoisotopic (exact) mass is 616 g/mol. The molecule has 14 heteroatoms. The maximum absolute atomic E-state index is 14.5. The molecule has 43 heavy (non-hydrogen) atoms. The first-order valence-electron chi connectivity index (χ1n) is 13.8. The minimum absolute atomic E-state index is 0.115. The molecule has 3 aromatic heterocycles. The van der Waals surface area contributed by atoms with E-state index >= 15 is 0 Å². The largest absolute Gasteiger partial charge is 0.496 e. The van der Waals surface area contributed by atoms with E-state index in [9.17, 15) is 18.8 Å². The lowest BCUT2D eigenvalue weighted by Crippen LogP contribution is -2.56. The number of halogens is 1. The number of amides is 1. The van der Waals surface area contributed by atoms with Crippen molar-refractivity contribution in [3.63, 3.8) is 0 Å². The van der Waals surface area contributed by atoms with Gasteiger partial charge in [-0.25, -0.2) is 13.8 Å². The van der Waals surface area contributed by atoms with E-state index in [0.717, 1.165) is 15.9 Å². The van der Waals surface area contributed by atoms with Crippen molar-refractivity contribution in [2.75, 3.05) is 27.4 Å². The fourth-order valence-corrected chi connectivity index (χ4v) is 6.05. The lowest BCUT2D eigenvalue weighted by molar-refractivity contribution is -0.129. The molecule has 232 valence electrons. The second kappa shape index (κ2) is 13.2. The van der Waals surface area contributed by atoms with Crippen LogP contribution in [0.15, 0.2) is 40.2 Å². The summed E-state index contributed by atoms with van der Waals surface area (Å²) in [6, 6.07) is 3.85. The molecule has 0 fully saturated rings. The van der Waals surface area contributed by atoms with Gasteiger partial charge in [0, 0.05) is 37.5 Å². The summed E-state index contributed by atoms with van der Waals surface area (Å²) in [4.78, 5) is 43.5. The van der Waals surface area contributed by atoms with E-state index in [2.05, 4.69) is 15.5 Å². The van der Waals surface area contributed by atoms with Crippen LogP contribution in [0.5, 0.6) is 5.75 Å². The number of methoxy groups -OCH3 is 2. The number of nitrogens with zero attached hydrogens (tertiary/aromatic N) is 5. The van der Waals surface area contributed by atoms with Crippen molar-refractivity contribution in [3.05, 3.63) is 68.4 Å². The molecular formula is C29H37FN6O6S. The third-order valence-corrected chi connectivity index (χ3v) is 8.30. The minimum atomic E-state index is -1.56. The normalized spacial score (nSPS) is 12.7. The highest BCUT2D eigenvalue weighted by atomic mass is 32.1. The number of hydrogen-bond acceptors (Lipinski definition) is 9. The molecule has 12 nitrogen and oxygen atoms in total. The van der Waals surface area contributed by atoms with Gasteiger partial charge in [-0.05, 0) is 59.2 Å². The molecule has 1 aromatic carbocycles. The minimum Gasteiger partial charge on any atom is -0.496 e. The first kappa shape index (κ1) is 32.0. The number of aryl methyl sites for hydroxylation is 1. The molecule has 0 saturated carbocycles. The van der Waals surface area contributed by atoms with E-state index in [-0.39, 0.29) is 24.6 Å². The fraction of sp³-hybridized carbons (Fsp3) is 0.483. The van der Waals surface area contributed by atoms with Crippen LogP contribution < -0.4 is 21.3 Å². The number of nitrogens with one attached hydrogen (secondary N) is 1. The molecule has 4 aromatic rings. The van der Waals surface area contributed by atoms with Gasteiger partial charge in [-0.2, -0.15) is 10.2 Å². The van der Waals surface area contributed by atoms with Crippen LogP contribution in [0.3, 0.4) is 0 Å². The van der Waals surface area contributed by atoms with Gasteiger partial charge in [0.05, 0.1) is 31.4 Å². The van der Waals surface area contributed by atoms with E-state index in [4.69, 9.17) is 14.2 Å². The van der Waals surface area contributed by atoms with E-state index in [1.807, 2.05) is 0 Å². The van der Waals surface area contributed by atoms with Crippen molar-refractivity contribution < 1.29 is 23.4 Å². The predicted octanol–water partition coefficient (Wildman–Crippen LogP) is 3.32. The van der Waals surface area contributed by atoms with Crippen molar-refractivity contribution in [1.82, 2.24) is 29.4 Å². The van der Waals surface area contributed by atoms with Gasteiger partial charge in [-0.15, -0.1) is 4.80 Å². The van der Waals surface area contributed by atoms with Gasteiger partial charge >= 0.3 is 5.69 Å². The van der Waals surface area contributed by atoms with Crippen LogP contribution in [-0.4, -0.2) is 63.5 Å². The summed E-state index contributed by atoms with van der Waals surface area (Å²) in [5.41, 5.74) is -1.96. The van der Waals surface area contributed by atoms with E-state index in [0.29, 0.717) is 39.7 Å². The molecule has 0 aliphatic heterocycles. The second-order valence-corrected chi connectivity index (χ2v) is 11.8. The Labute approximate surface area is 252 Å². The summed E-state index contributed by atoms with van der Waals surface area (Å²) >= 11 is 1.16. The summed E-state index contributed by atoms with van der Waals surface area (Å²) in [6.07, 6.45) is 2.70. The maximum atomic E-state index is 14.5. The molecule has 0 bridgehead atoms. The van der Waals surface area contributed by atoms with E-state index in [1.165, 1.54) is 60.9 Å². The maximum Gasteiger partial charge on any atom is 0.333 e. The number of thiophene rings is 1. The Bertz CT molecular complexity index is 1710. The average molecular weight is 617 g/mol. The number of aromatic nitrogens is 5. The molecule has 0 aliphatic rings. The van der Waals surface area contributed by atoms with E-state index < -0.39 is 34.6 Å². The molecule has 1 amide bonds. The zero-order valence-corrected chi connectivity index (χ0v) is 26.2. The van der Waals surface area contributed by atoms with Crippen LogP contribution in [0, 0.1) is 12.7 Å². The van der Waals surface area contributed by atoms with Crippen LogP contribution in [0.25, 0.3) is 15.2 Å². The third-order valence-electron chi connectivity index (χ3n) is 7.02. The fourth-order valence-electron chi connectivity index (χ4n) is 4.83. The Kier molecular flexibility index (Phi) is 9.82. The molecule has 3 heterocycles. The van der Waals surface area contributed by atoms with Crippen LogP contribution in [-0.2, 0) is 26.4 Å². The number of carbonyl (C=O) groups is 1. The summed E-state index contributed by atoms with van der Waals surface area (Å²) in [5.74, 6) is -0.626. The van der Waals surface area contributed by atoms with E-state index in [1.54, 1.807) is 27.9 Å². The Morgan fingerprint density at radius 2 is 1.84 bits per heavy atom. The molecule has 0 unspecified atom stereocenters. The highest BCUT2D eigenvalue weighted by molar-refractivity contribution is 7.21. The van der Waals surface area contributed by atoms with Gasteiger partial charge in [-0.3, -0.25) is 14.2 Å². The highest BCUT2D eigenvalue weighted by Crippen LogP contribution is 2.34. The van der Waals surface area contributed by atoms with Gasteiger partial charge in [-0.1, -0.05) is 11.3 Å². The smallest absolute Gasteiger partial charge is 0.333 e. The van der Waals surface area contributed by atoms with Gasteiger partial charge in [0.1, 0.15) is 33.0 Å². The Morgan fingerprint density at radius 1 is 1.14 bits per heavy atom. The Hall–Kier alpha value is -3.88. The zero-order chi connectivity index (χ0) is 31.5. The molecule has 0 spiro atoms. The number of carbonyl (C=O) groups excluding carboxylic acids is 1. The van der Waals surface area contributed by atoms with Crippen LogP contribution >= 0.6 is 11.3 Å². The Balaban J connectivity index is 2.00. The number of rotatable bonds is 13. The van der Waals surface area contributed by atoms with Gasteiger partial charge < -0.3 is 19.5 Å². The standard InChI is InChI=1S/C29H37FN6O6S/c1-17(2)33-27(38)29(4,5)35-24(37)23-18(3)25(36-31-11-12-32-36)43-26(23)34(28(35)39)16-22(42-14-8-13-40-6)20-15-19(30)9-10-21(20)41-7/h9-12,15,17,22H,8,13-14,16H2,1-7H3,(H,33,38)/t22-/m0/s1. The van der Waals surface area contributed by atoms with Gasteiger partial charge in [0.15, 0.2) is 0 Å². The Morgan fingerprint density at radius 3 is 2.47 bits per heavy atom. The molecule has 4 rings (SSSR count). The molecule has 0 saturated heterocycles. The molecule has 1 N–H and O–H groups in total. The topological polar surface area (TPSA) is 132 Å². The summed E-state index contributed by atoms with van der Waals surface area (Å²) in [6.45, 7) is 8.94. The molecule has 0 aliphatic carbocycles. The van der Waals surface area contributed by atoms with Crippen LogP contribution in [0.1, 0.15) is 51.3 Å². The number of fused-ring (bicyclic) bond motifs is 1. The molecule has 0 radical (unpaired) electrons. The number of benzene rings is 1. The van der Waals surface area contributed by atoms with Gasteiger partial charge in [0.25, 0.3) is 5.56 Å². The number of ether oxygens (including phenoxy) is 3. The lowest BCUT2D eigenvalue weighted by Gasteiger charge is -2.28. The van der Waals surface area contributed by atoms with Crippen molar-refractivity contribution in [2.45, 2.75) is 65.3 Å². The predicted molar refractivity (Wildman–Crippen MR) is 161 cm³/mol. The zero-order valence-electron chi connectivity index (χ0n) is 25.3. The quantitative estimate of drug-likeness (QED) is 0.227. The lowest BCUT2D eigenvalue weighted by atomic mass is 10.0. The third kappa shape index (κ3) is 6.40. The summed E-state index contributed by atoms with van der Waals surface area (Å²) < 4.78 is 33.8. The average Bonchev–Trinajstić information content (AvgIpc) is 3.60. The van der Waals surface area contributed by atoms with Crippen LogP contribution in [0.4, 0.5) is 4.39 Å². The first-order valence-corrected chi connectivity index (χ1v) is 14.6. The van der Waals surface area contributed by atoms with Crippen molar-refractivity contribution in [2.24, 2.45) is 0 Å². The van der Waals surface area contributed by atoms with Crippen molar-refractivity contribution >= 4 is 27.5 Å². The number of hydrogen-bond donors (Lipinski definition) is 1. The molecular weight excluding hydrogens is 579 g/mol. The first-order chi connectivity index (χ1) is 20.4. The molecule has 1 atom stereocenters. The highest BCUT2D eigenvalue weighted by Gasteiger charge is 2.36.